The van der Waals surface area contributed by atoms with Crippen LogP contribution in [0.3, 0.4) is 0 Å². The highest BCUT2D eigenvalue weighted by molar-refractivity contribution is 5.83. The van der Waals surface area contributed by atoms with Crippen LogP contribution in [-0.4, -0.2) is 34.1 Å². The summed E-state index contributed by atoms with van der Waals surface area (Å²) < 4.78 is 15.2. The van der Waals surface area contributed by atoms with Gasteiger partial charge in [-0.25, -0.2) is 9.37 Å². The lowest BCUT2D eigenvalue weighted by molar-refractivity contribution is 0.168. The molecule has 1 saturated heterocycles. The summed E-state index contributed by atoms with van der Waals surface area (Å²) in [5.41, 5.74) is 2.55. The molecule has 1 fully saturated rings. The van der Waals surface area contributed by atoms with E-state index in [4.69, 9.17) is 4.98 Å². The number of benzene rings is 2. The zero-order chi connectivity index (χ0) is 21.3. The van der Waals surface area contributed by atoms with Crippen LogP contribution in [0.4, 0.5) is 4.39 Å². The number of hydrogen-bond acceptors (Lipinski definition) is 3. The molecule has 0 radical (unpaired) electrons. The van der Waals surface area contributed by atoms with Gasteiger partial charge >= 0.3 is 0 Å². The highest BCUT2D eigenvalue weighted by Gasteiger charge is 2.22. The molecular formula is C25H30FN3O. The lowest BCUT2D eigenvalue weighted by Crippen LogP contribution is -2.39. The molecule has 1 aliphatic rings. The van der Waals surface area contributed by atoms with E-state index in [1.54, 1.807) is 12.1 Å². The van der Waals surface area contributed by atoms with E-state index >= 15 is 0 Å². The molecule has 4 rings (SSSR count). The van der Waals surface area contributed by atoms with E-state index in [0.717, 1.165) is 48.5 Å². The standard InChI is InChI=1S/C25H30FN3O/c1-4-28-13-5-6-18(15-28)16-29-24(17(2)3)27-23-12-9-20(14-22(23)25(29)30)19-7-10-21(26)11-8-19/h7-12,14,17-18H,4-6,13,15-16H2,1-3H3/t18-/m0/s1. The van der Waals surface area contributed by atoms with Gasteiger partial charge in [0.2, 0.25) is 0 Å². The molecule has 30 heavy (non-hydrogen) atoms. The molecule has 0 saturated carbocycles. The largest absolute Gasteiger partial charge is 0.303 e. The third kappa shape index (κ3) is 4.17. The van der Waals surface area contributed by atoms with E-state index in [9.17, 15) is 9.18 Å². The van der Waals surface area contributed by atoms with Gasteiger partial charge in [0.25, 0.3) is 5.56 Å². The van der Waals surface area contributed by atoms with Gasteiger partial charge in [-0.3, -0.25) is 9.36 Å². The topological polar surface area (TPSA) is 38.1 Å². The van der Waals surface area contributed by atoms with E-state index in [0.29, 0.717) is 17.8 Å². The average molecular weight is 408 g/mol. The van der Waals surface area contributed by atoms with Crippen LogP contribution in [0.15, 0.2) is 47.3 Å². The van der Waals surface area contributed by atoms with E-state index < -0.39 is 0 Å². The lowest BCUT2D eigenvalue weighted by atomic mass is 9.97. The summed E-state index contributed by atoms with van der Waals surface area (Å²) in [6.45, 7) is 10.3. The average Bonchev–Trinajstić information content (AvgIpc) is 2.76. The fourth-order valence-corrected chi connectivity index (χ4v) is 4.52. The predicted octanol–water partition coefficient (Wildman–Crippen LogP) is 5.06. The molecule has 1 atom stereocenters. The second-order valence-corrected chi connectivity index (χ2v) is 8.68. The number of fused-ring (bicyclic) bond motifs is 1. The lowest BCUT2D eigenvalue weighted by Gasteiger charge is -2.32. The van der Waals surface area contributed by atoms with Crippen LogP contribution >= 0.6 is 0 Å². The first-order chi connectivity index (χ1) is 14.5. The maximum atomic E-state index is 13.6. The second-order valence-electron chi connectivity index (χ2n) is 8.68. The number of halogens is 1. The highest BCUT2D eigenvalue weighted by Crippen LogP contribution is 2.25. The van der Waals surface area contributed by atoms with Gasteiger partial charge in [-0.2, -0.15) is 0 Å². The first-order valence-electron chi connectivity index (χ1n) is 11.0. The van der Waals surface area contributed by atoms with Crippen LogP contribution in [0.25, 0.3) is 22.0 Å². The summed E-state index contributed by atoms with van der Waals surface area (Å²) in [4.78, 5) is 20.9. The Labute approximate surface area is 177 Å². The van der Waals surface area contributed by atoms with Crippen LogP contribution < -0.4 is 5.56 Å². The van der Waals surface area contributed by atoms with Crippen LogP contribution in [0.1, 0.15) is 45.4 Å². The van der Waals surface area contributed by atoms with Gasteiger partial charge in [-0.1, -0.05) is 39.0 Å². The third-order valence-electron chi connectivity index (χ3n) is 6.17. The Morgan fingerprint density at radius 3 is 2.57 bits per heavy atom. The molecule has 2 heterocycles. The van der Waals surface area contributed by atoms with E-state index in [-0.39, 0.29) is 17.3 Å². The van der Waals surface area contributed by atoms with Crippen molar-refractivity contribution >= 4 is 10.9 Å². The minimum absolute atomic E-state index is 0.0290. The van der Waals surface area contributed by atoms with Crippen molar-refractivity contribution in [2.75, 3.05) is 19.6 Å². The Balaban J connectivity index is 1.77. The molecule has 0 unspecified atom stereocenters. The van der Waals surface area contributed by atoms with Gasteiger partial charge in [-0.15, -0.1) is 0 Å². The van der Waals surface area contributed by atoms with Crippen LogP contribution in [-0.2, 0) is 6.54 Å². The van der Waals surface area contributed by atoms with Crippen molar-refractivity contribution in [2.45, 2.75) is 46.1 Å². The molecule has 5 heteroatoms. The monoisotopic (exact) mass is 407 g/mol. The smallest absolute Gasteiger partial charge is 0.261 e. The number of hydrogen-bond donors (Lipinski definition) is 0. The molecule has 158 valence electrons. The maximum absolute atomic E-state index is 13.6. The van der Waals surface area contributed by atoms with Gasteiger partial charge in [-0.05, 0) is 67.2 Å². The molecular weight excluding hydrogens is 377 g/mol. The number of aromatic nitrogens is 2. The Morgan fingerprint density at radius 2 is 1.87 bits per heavy atom. The zero-order valence-corrected chi connectivity index (χ0v) is 18.1. The molecule has 0 bridgehead atoms. The van der Waals surface area contributed by atoms with E-state index in [1.807, 2.05) is 22.8 Å². The summed E-state index contributed by atoms with van der Waals surface area (Å²) in [6, 6.07) is 12.1. The van der Waals surface area contributed by atoms with Gasteiger partial charge in [0.15, 0.2) is 0 Å². The maximum Gasteiger partial charge on any atom is 0.261 e. The number of likely N-dealkylation sites (tertiary alicyclic amines) is 1. The fourth-order valence-electron chi connectivity index (χ4n) is 4.52. The number of nitrogens with zero attached hydrogens (tertiary/aromatic N) is 3. The number of rotatable bonds is 5. The van der Waals surface area contributed by atoms with Crippen molar-refractivity contribution in [3.8, 4) is 11.1 Å². The first-order valence-corrected chi connectivity index (χ1v) is 11.0. The summed E-state index contributed by atoms with van der Waals surface area (Å²) in [5, 5.41) is 0.629. The van der Waals surface area contributed by atoms with E-state index in [1.165, 1.54) is 18.6 Å². The van der Waals surface area contributed by atoms with Crippen molar-refractivity contribution in [1.82, 2.24) is 14.5 Å². The quantitative estimate of drug-likeness (QED) is 0.593. The molecule has 2 aromatic carbocycles. The second kappa shape index (κ2) is 8.68. The Bertz CT molecular complexity index is 1090. The minimum Gasteiger partial charge on any atom is -0.303 e. The molecule has 0 N–H and O–H groups in total. The van der Waals surface area contributed by atoms with Crippen molar-refractivity contribution in [3.05, 3.63) is 64.5 Å². The molecule has 0 amide bonds. The first kappa shape index (κ1) is 20.7. The number of piperidine rings is 1. The summed E-state index contributed by atoms with van der Waals surface area (Å²) in [6.07, 6.45) is 2.33. The molecule has 1 aliphatic heterocycles. The van der Waals surface area contributed by atoms with E-state index in [2.05, 4.69) is 25.7 Å². The van der Waals surface area contributed by atoms with Crippen molar-refractivity contribution in [3.63, 3.8) is 0 Å². The van der Waals surface area contributed by atoms with Crippen LogP contribution in [0, 0.1) is 11.7 Å². The Kier molecular flexibility index (Phi) is 6.00. The molecule has 0 spiro atoms. The Morgan fingerprint density at radius 1 is 1.13 bits per heavy atom. The molecule has 0 aliphatic carbocycles. The van der Waals surface area contributed by atoms with Gasteiger partial charge in [0, 0.05) is 19.0 Å². The van der Waals surface area contributed by atoms with Gasteiger partial charge in [0.05, 0.1) is 10.9 Å². The van der Waals surface area contributed by atoms with Crippen molar-refractivity contribution < 1.29 is 4.39 Å². The molecule has 1 aromatic heterocycles. The summed E-state index contributed by atoms with van der Waals surface area (Å²) >= 11 is 0. The zero-order valence-electron chi connectivity index (χ0n) is 18.1. The SMILES string of the molecule is CCN1CCC[C@H](Cn2c(C(C)C)nc3ccc(-c4ccc(F)cc4)cc3c2=O)C1. The van der Waals surface area contributed by atoms with Crippen LogP contribution in [0.2, 0.25) is 0 Å². The Hall–Kier alpha value is -2.53. The predicted molar refractivity (Wildman–Crippen MR) is 120 cm³/mol. The summed E-state index contributed by atoms with van der Waals surface area (Å²) in [5.74, 6) is 1.23. The molecule has 3 aromatic rings. The van der Waals surface area contributed by atoms with Crippen molar-refractivity contribution in [1.29, 1.82) is 0 Å². The van der Waals surface area contributed by atoms with Gasteiger partial charge in [0.1, 0.15) is 11.6 Å². The van der Waals surface area contributed by atoms with Crippen molar-refractivity contribution in [2.24, 2.45) is 5.92 Å². The highest BCUT2D eigenvalue weighted by atomic mass is 19.1. The normalized spacial score (nSPS) is 17.7. The van der Waals surface area contributed by atoms with Crippen LogP contribution in [0.5, 0.6) is 0 Å². The third-order valence-corrected chi connectivity index (χ3v) is 6.17. The molecule has 4 nitrogen and oxygen atoms in total. The summed E-state index contributed by atoms with van der Waals surface area (Å²) in [7, 11) is 0. The van der Waals surface area contributed by atoms with Gasteiger partial charge < -0.3 is 4.90 Å². The minimum atomic E-state index is -0.265. The fraction of sp³-hybridized carbons (Fsp3) is 0.440.